The number of likely N-dealkylation sites (tertiary alicyclic amines) is 2. The summed E-state index contributed by atoms with van der Waals surface area (Å²) in [6.07, 6.45) is 3.77. The molecular weight excluding hydrogens is 753 g/mol. The Labute approximate surface area is 339 Å². The molecule has 2 fully saturated rings. The van der Waals surface area contributed by atoms with Crippen LogP contribution in [0.2, 0.25) is 0 Å². The molecule has 0 bridgehead atoms. The number of ether oxygens (including phenoxy) is 2. The number of imidazole rings is 2. The summed E-state index contributed by atoms with van der Waals surface area (Å²) in [5.41, 5.74) is 6.21. The first-order valence-electron chi connectivity index (χ1n) is 19.3. The van der Waals surface area contributed by atoms with E-state index in [9.17, 15) is 24.0 Å². The number of hydrogen-bond donors (Lipinski definition) is 4. The van der Waals surface area contributed by atoms with Gasteiger partial charge in [-0.2, -0.15) is 0 Å². The van der Waals surface area contributed by atoms with Crippen LogP contribution >= 0.6 is 0 Å². The molecule has 2 saturated heterocycles. The van der Waals surface area contributed by atoms with E-state index in [4.69, 9.17) is 9.72 Å². The number of rotatable bonds is 10. The Balaban J connectivity index is 0.943. The van der Waals surface area contributed by atoms with Crippen molar-refractivity contribution in [3.63, 3.8) is 0 Å². The first-order valence-corrected chi connectivity index (χ1v) is 19.3. The smallest absolute Gasteiger partial charge is 0.407 e. The van der Waals surface area contributed by atoms with Gasteiger partial charge in [0, 0.05) is 18.5 Å². The Kier molecular flexibility index (Phi) is 10.9. The van der Waals surface area contributed by atoms with Crippen LogP contribution in [0.15, 0.2) is 103 Å². The number of ketones is 1. The standard InChI is InChI=1S/C44H42N8O7/c1-58-43(56)47-24-38(54)52-25-33(53)21-37(52)41-46-23-35(49-41)32-17-16-30-19-29(14-15-31(30)20-32)26-10-12-27(13-11-26)34-22-45-40(48-34)36-9-6-18-51(36)42(55)39(50-44(57)59-2)28-7-4-3-5-8-28/h3-5,7-8,10-17,19-20,22-23,36-37,39H,6,9,18,21,24-25H2,1-2H3,(H,45,48)(H,46,49)(H,47,56)(H,50,57)/t36-,37-,39+/m0/s1. The second-order valence-electron chi connectivity index (χ2n) is 14.5. The van der Waals surface area contributed by atoms with Crippen LogP contribution in [-0.4, -0.2) is 93.4 Å². The zero-order valence-electron chi connectivity index (χ0n) is 32.4. The van der Waals surface area contributed by atoms with Crippen LogP contribution in [0.3, 0.4) is 0 Å². The van der Waals surface area contributed by atoms with Gasteiger partial charge < -0.3 is 39.9 Å². The van der Waals surface area contributed by atoms with Gasteiger partial charge in [0.1, 0.15) is 24.2 Å². The molecule has 0 unspecified atom stereocenters. The second kappa shape index (κ2) is 16.7. The molecule has 0 saturated carbocycles. The number of methoxy groups -OCH3 is 2. The van der Waals surface area contributed by atoms with Crippen LogP contribution in [0.4, 0.5) is 9.59 Å². The van der Waals surface area contributed by atoms with Crippen molar-refractivity contribution in [1.82, 2.24) is 40.4 Å². The minimum atomic E-state index is -0.889. The molecule has 0 spiro atoms. The number of H-pyrrole nitrogens is 2. The minimum Gasteiger partial charge on any atom is -0.453 e. The van der Waals surface area contributed by atoms with E-state index in [1.807, 2.05) is 54.6 Å². The van der Waals surface area contributed by atoms with E-state index in [2.05, 4.69) is 66.7 Å². The average Bonchev–Trinajstić information content (AvgIpc) is 4.11. The Morgan fingerprint density at radius 3 is 2.05 bits per heavy atom. The monoisotopic (exact) mass is 794 g/mol. The third-order valence-electron chi connectivity index (χ3n) is 10.9. The van der Waals surface area contributed by atoms with Crippen LogP contribution in [0.1, 0.15) is 54.6 Å². The maximum Gasteiger partial charge on any atom is 0.407 e. The number of carbonyl (C=O) groups excluding carboxylic acids is 5. The van der Waals surface area contributed by atoms with Gasteiger partial charge in [-0.25, -0.2) is 19.6 Å². The minimum absolute atomic E-state index is 0.0493. The number of alkyl carbamates (subject to hydrolysis) is 2. The molecule has 300 valence electrons. The van der Waals surface area contributed by atoms with Crippen molar-refractivity contribution in [3.8, 4) is 33.6 Å². The van der Waals surface area contributed by atoms with Crippen LogP contribution in [-0.2, 0) is 23.9 Å². The highest BCUT2D eigenvalue weighted by Crippen LogP contribution is 2.35. The molecule has 15 heteroatoms. The van der Waals surface area contributed by atoms with Gasteiger partial charge in [-0.05, 0) is 58.0 Å². The van der Waals surface area contributed by atoms with Gasteiger partial charge in [0.25, 0.3) is 5.91 Å². The highest BCUT2D eigenvalue weighted by molar-refractivity contribution is 5.93. The Morgan fingerprint density at radius 2 is 1.36 bits per heavy atom. The van der Waals surface area contributed by atoms with Gasteiger partial charge >= 0.3 is 12.2 Å². The maximum absolute atomic E-state index is 13.9. The van der Waals surface area contributed by atoms with Crippen LogP contribution < -0.4 is 10.6 Å². The molecule has 8 rings (SSSR count). The normalized spacial score (nSPS) is 16.9. The molecule has 6 aromatic rings. The molecule has 4 aromatic carbocycles. The Morgan fingerprint density at radius 1 is 0.746 bits per heavy atom. The van der Waals surface area contributed by atoms with Crippen molar-refractivity contribution in [1.29, 1.82) is 0 Å². The van der Waals surface area contributed by atoms with Crippen molar-refractivity contribution < 1.29 is 33.4 Å². The first-order chi connectivity index (χ1) is 28.7. The molecule has 2 aromatic heterocycles. The molecular formula is C44H42N8O7. The predicted molar refractivity (Wildman–Crippen MR) is 217 cm³/mol. The second-order valence-corrected chi connectivity index (χ2v) is 14.5. The maximum atomic E-state index is 13.9. The number of Topliss-reactive ketones (excluding diaryl/α,β-unsaturated/α-hetero) is 1. The topological polar surface area (TPSA) is 192 Å². The summed E-state index contributed by atoms with van der Waals surface area (Å²) < 4.78 is 9.37. The van der Waals surface area contributed by atoms with Crippen molar-refractivity contribution in [2.75, 3.05) is 33.9 Å². The van der Waals surface area contributed by atoms with Gasteiger partial charge in [0.15, 0.2) is 5.78 Å². The summed E-state index contributed by atoms with van der Waals surface area (Å²) in [5.74, 6) is 0.484. The number of aromatic nitrogens is 4. The Hall–Kier alpha value is -7.29. The highest BCUT2D eigenvalue weighted by Gasteiger charge is 2.38. The molecule has 4 N–H and O–H groups in total. The number of amides is 4. The zero-order chi connectivity index (χ0) is 41.0. The van der Waals surface area contributed by atoms with Gasteiger partial charge in [0.2, 0.25) is 5.91 Å². The van der Waals surface area contributed by atoms with Gasteiger partial charge in [-0.3, -0.25) is 14.4 Å². The molecule has 0 radical (unpaired) electrons. The van der Waals surface area contributed by atoms with Gasteiger partial charge in [-0.1, -0.05) is 78.9 Å². The number of aromatic amines is 2. The van der Waals surface area contributed by atoms with E-state index in [1.54, 1.807) is 17.3 Å². The number of fused-ring (bicyclic) bond motifs is 1. The lowest BCUT2D eigenvalue weighted by Gasteiger charge is -2.28. The fourth-order valence-electron chi connectivity index (χ4n) is 7.85. The molecule has 15 nitrogen and oxygen atoms in total. The van der Waals surface area contributed by atoms with E-state index < -0.39 is 30.2 Å². The quantitative estimate of drug-likeness (QED) is 0.124. The third-order valence-corrected chi connectivity index (χ3v) is 10.9. The number of nitrogens with zero attached hydrogens (tertiary/aromatic N) is 4. The summed E-state index contributed by atoms with van der Waals surface area (Å²) >= 11 is 0. The lowest BCUT2D eigenvalue weighted by Crippen LogP contribution is -2.42. The SMILES string of the molecule is COC(=O)NCC(=O)N1CC(=O)C[C@H]1c1ncc(-c2ccc3cc(-c4ccc(-c5cnc([C@@H]6CCCN6C(=O)[C@H](NC(=O)OC)c6ccccc6)[nH]5)cc4)ccc3c2)[nH]1. The summed E-state index contributed by atoms with van der Waals surface area (Å²) in [4.78, 5) is 81.9. The van der Waals surface area contributed by atoms with Crippen molar-refractivity contribution in [2.45, 2.75) is 37.4 Å². The molecule has 2 aliphatic heterocycles. The fourth-order valence-corrected chi connectivity index (χ4v) is 7.85. The zero-order valence-corrected chi connectivity index (χ0v) is 32.4. The number of carbonyl (C=O) groups is 5. The lowest BCUT2D eigenvalue weighted by atomic mass is 9.98. The van der Waals surface area contributed by atoms with E-state index in [0.29, 0.717) is 23.8 Å². The molecule has 2 aliphatic rings. The third kappa shape index (κ3) is 8.12. The van der Waals surface area contributed by atoms with Crippen LogP contribution in [0.25, 0.3) is 44.4 Å². The van der Waals surface area contributed by atoms with E-state index in [-0.39, 0.29) is 37.2 Å². The molecule has 4 heterocycles. The predicted octanol–water partition coefficient (Wildman–Crippen LogP) is 6.25. The van der Waals surface area contributed by atoms with Gasteiger partial charge in [-0.15, -0.1) is 0 Å². The Bertz CT molecular complexity index is 2530. The van der Waals surface area contributed by atoms with E-state index >= 15 is 0 Å². The van der Waals surface area contributed by atoms with Crippen molar-refractivity contribution >= 4 is 40.6 Å². The van der Waals surface area contributed by atoms with Crippen LogP contribution in [0.5, 0.6) is 0 Å². The largest absolute Gasteiger partial charge is 0.453 e. The molecule has 3 atom stereocenters. The molecule has 0 aliphatic carbocycles. The highest BCUT2D eigenvalue weighted by atomic mass is 16.5. The molecule has 59 heavy (non-hydrogen) atoms. The summed E-state index contributed by atoms with van der Waals surface area (Å²) in [6, 6.07) is 28.1. The van der Waals surface area contributed by atoms with Gasteiger partial charge in [0.05, 0.1) is 56.6 Å². The van der Waals surface area contributed by atoms with Crippen molar-refractivity contribution in [3.05, 3.63) is 121 Å². The summed E-state index contributed by atoms with van der Waals surface area (Å²) in [7, 11) is 2.49. The summed E-state index contributed by atoms with van der Waals surface area (Å²) in [5, 5.41) is 7.16. The molecule has 4 amide bonds. The number of benzene rings is 4. The lowest BCUT2D eigenvalue weighted by molar-refractivity contribution is -0.134. The van der Waals surface area contributed by atoms with E-state index in [0.717, 1.165) is 57.3 Å². The number of hydrogen-bond acceptors (Lipinski definition) is 9. The van der Waals surface area contributed by atoms with E-state index in [1.165, 1.54) is 19.1 Å². The number of nitrogens with one attached hydrogen (secondary N) is 4. The fraction of sp³-hybridized carbons (Fsp3) is 0.250. The van der Waals surface area contributed by atoms with Crippen molar-refractivity contribution in [2.24, 2.45) is 0 Å². The average molecular weight is 795 g/mol. The summed E-state index contributed by atoms with van der Waals surface area (Å²) in [6.45, 7) is 0.211. The van der Waals surface area contributed by atoms with Crippen LogP contribution in [0, 0.1) is 0 Å². The first kappa shape index (κ1) is 38.6.